The van der Waals surface area contributed by atoms with Crippen LogP contribution in [0.3, 0.4) is 0 Å². The molecule has 2 fully saturated rings. The SMILES string of the molecule is O=c1[nH]c(=O)n(CCCCN2C[C@@H]3C[C@]3(c3ccc(C(F)(F)F)cc3)C2)cc1-c1cccnc1F. The number of nitrogens with one attached hydrogen (secondary N) is 1. The second kappa shape index (κ2) is 8.75. The second-order valence-corrected chi connectivity index (χ2v) is 9.41. The molecule has 184 valence electrons. The fraction of sp³-hybridized carbons (Fsp3) is 0.400. The molecule has 1 aromatic carbocycles. The maximum absolute atomic E-state index is 14.0. The Labute approximate surface area is 198 Å². The standard InChI is InChI=1S/C25H24F4N4O2/c26-21-19(4-3-9-30-21)20-14-33(23(35)31-22(20)34)11-2-1-10-32-13-18-12-24(18,15-32)16-5-7-17(8-6-16)25(27,28)29/h3-9,14,18H,1-2,10-13,15H2,(H,31,34,35)/t18-,24+/m0/s1. The lowest BCUT2D eigenvalue weighted by Gasteiger charge is -2.21. The van der Waals surface area contributed by atoms with E-state index in [1.807, 2.05) is 0 Å². The van der Waals surface area contributed by atoms with E-state index in [1.54, 1.807) is 12.1 Å². The van der Waals surface area contributed by atoms with Crippen molar-refractivity contribution in [2.45, 2.75) is 37.4 Å². The first-order chi connectivity index (χ1) is 16.7. The Bertz CT molecular complexity index is 1350. The first-order valence-electron chi connectivity index (χ1n) is 11.5. The van der Waals surface area contributed by atoms with Crippen LogP contribution in [0.5, 0.6) is 0 Å². The van der Waals surface area contributed by atoms with Gasteiger partial charge in [-0.25, -0.2) is 9.78 Å². The van der Waals surface area contributed by atoms with Crippen LogP contribution in [-0.2, 0) is 18.1 Å². The first-order valence-corrected chi connectivity index (χ1v) is 11.5. The maximum atomic E-state index is 14.0. The van der Waals surface area contributed by atoms with E-state index in [9.17, 15) is 27.2 Å². The fourth-order valence-corrected chi connectivity index (χ4v) is 5.27. The minimum absolute atomic E-state index is 0.0346. The number of piperidine rings is 1. The Morgan fingerprint density at radius 3 is 2.51 bits per heavy atom. The molecule has 5 rings (SSSR count). The molecular weight excluding hydrogens is 464 g/mol. The molecule has 0 amide bonds. The summed E-state index contributed by atoms with van der Waals surface area (Å²) < 4.78 is 54.0. The predicted octanol–water partition coefficient (Wildman–Crippen LogP) is 3.81. The zero-order chi connectivity index (χ0) is 24.8. The zero-order valence-electron chi connectivity index (χ0n) is 18.8. The summed E-state index contributed by atoms with van der Waals surface area (Å²) in [5, 5.41) is 0. The second-order valence-electron chi connectivity index (χ2n) is 9.41. The lowest BCUT2D eigenvalue weighted by atomic mass is 9.94. The fourth-order valence-electron chi connectivity index (χ4n) is 5.27. The minimum Gasteiger partial charge on any atom is -0.302 e. The van der Waals surface area contributed by atoms with E-state index in [1.165, 1.54) is 29.1 Å². The number of hydrogen-bond acceptors (Lipinski definition) is 4. The maximum Gasteiger partial charge on any atom is 0.416 e. The van der Waals surface area contributed by atoms with Gasteiger partial charge in [-0.3, -0.25) is 14.3 Å². The van der Waals surface area contributed by atoms with Gasteiger partial charge in [0.15, 0.2) is 0 Å². The van der Waals surface area contributed by atoms with Crippen LogP contribution < -0.4 is 11.2 Å². The number of aryl methyl sites for hydroxylation is 1. The number of fused-ring (bicyclic) bond motifs is 1. The summed E-state index contributed by atoms with van der Waals surface area (Å²) in [6, 6.07) is 8.50. The number of H-pyrrole nitrogens is 1. The molecule has 2 atom stereocenters. The van der Waals surface area contributed by atoms with Crippen molar-refractivity contribution in [1.82, 2.24) is 19.4 Å². The predicted molar refractivity (Wildman–Crippen MR) is 121 cm³/mol. The molecule has 1 N–H and O–H groups in total. The van der Waals surface area contributed by atoms with Crippen LogP contribution >= 0.6 is 0 Å². The largest absolute Gasteiger partial charge is 0.416 e. The molecule has 3 heterocycles. The molecule has 0 spiro atoms. The number of unbranched alkanes of at least 4 members (excludes halogenated alkanes) is 1. The highest BCUT2D eigenvalue weighted by Gasteiger charge is 2.60. The van der Waals surface area contributed by atoms with Crippen molar-refractivity contribution < 1.29 is 17.6 Å². The summed E-state index contributed by atoms with van der Waals surface area (Å²) in [7, 11) is 0. The quantitative estimate of drug-likeness (QED) is 0.312. The van der Waals surface area contributed by atoms with Gasteiger partial charge in [-0.05, 0) is 61.6 Å². The molecule has 1 saturated carbocycles. The van der Waals surface area contributed by atoms with Gasteiger partial charge in [-0.2, -0.15) is 17.6 Å². The summed E-state index contributed by atoms with van der Waals surface area (Å²) in [6.45, 7) is 2.89. The number of rotatable bonds is 7. The Morgan fingerprint density at radius 2 is 1.80 bits per heavy atom. The van der Waals surface area contributed by atoms with Gasteiger partial charge in [-0.15, -0.1) is 0 Å². The van der Waals surface area contributed by atoms with Crippen LogP contribution in [0.2, 0.25) is 0 Å². The summed E-state index contributed by atoms with van der Waals surface area (Å²) in [6.07, 6.45) is 0.795. The number of aromatic amines is 1. The molecule has 0 unspecified atom stereocenters. The van der Waals surface area contributed by atoms with Gasteiger partial charge in [-0.1, -0.05) is 12.1 Å². The number of halogens is 4. The summed E-state index contributed by atoms with van der Waals surface area (Å²) >= 11 is 0. The third-order valence-corrected chi connectivity index (χ3v) is 7.19. The molecule has 2 aromatic heterocycles. The summed E-state index contributed by atoms with van der Waals surface area (Å²) in [5.74, 6) is -0.323. The number of likely N-dealkylation sites (tertiary alicyclic amines) is 1. The zero-order valence-corrected chi connectivity index (χ0v) is 18.8. The molecule has 35 heavy (non-hydrogen) atoms. The Kier molecular flexibility index (Phi) is 5.86. The molecule has 2 aliphatic rings. The van der Waals surface area contributed by atoms with E-state index in [2.05, 4.69) is 14.9 Å². The smallest absolute Gasteiger partial charge is 0.302 e. The van der Waals surface area contributed by atoms with E-state index in [4.69, 9.17) is 0 Å². The van der Waals surface area contributed by atoms with Crippen LogP contribution in [0.15, 0.2) is 58.4 Å². The van der Waals surface area contributed by atoms with Crippen molar-refractivity contribution >= 4 is 0 Å². The molecule has 0 radical (unpaired) electrons. The van der Waals surface area contributed by atoms with Crippen molar-refractivity contribution in [2.75, 3.05) is 19.6 Å². The van der Waals surface area contributed by atoms with Crippen LogP contribution in [-0.4, -0.2) is 39.1 Å². The third-order valence-electron chi connectivity index (χ3n) is 7.19. The molecule has 6 nitrogen and oxygen atoms in total. The number of benzene rings is 1. The number of pyridine rings is 1. The van der Waals surface area contributed by atoms with Crippen LogP contribution in [0.4, 0.5) is 17.6 Å². The van der Waals surface area contributed by atoms with E-state index in [-0.39, 0.29) is 16.5 Å². The van der Waals surface area contributed by atoms with Gasteiger partial charge in [0, 0.05) is 43.0 Å². The highest BCUT2D eigenvalue weighted by molar-refractivity contribution is 5.60. The normalized spacial score (nSPS) is 21.8. The number of alkyl halides is 3. The Hall–Kier alpha value is -3.27. The average Bonchev–Trinajstić information content (AvgIpc) is 3.39. The van der Waals surface area contributed by atoms with E-state index in [0.717, 1.165) is 50.2 Å². The van der Waals surface area contributed by atoms with E-state index < -0.39 is 28.9 Å². The highest BCUT2D eigenvalue weighted by Crippen LogP contribution is 2.59. The van der Waals surface area contributed by atoms with Crippen LogP contribution in [0.25, 0.3) is 11.1 Å². The first kappa shape index (κ1) is 23.5. The lowest BCUT2D eigenvalue weighted by Crippen LogP contribution is -2.31. The molecule has 3 aromatic rings. The molecule has 10 heteroatoms. The lowest BCUT2D eigenvalue weighted by molar-refractivity contribution is -0.137. The van der Waals surface area contributed by atoms with Gasteiger partial charge in [0.25, 0.3) is 5.56 Å². The number of nitrogens with zero attached hydrogens (tertiary/aromatic N) is 3. The van der Waals surface area contributed by atoms with Crippen molar-refractivity contribution in [1.29, 1.82) is 0 Å². The Morgan fingerprint density at radius 1 is 1.06 bits per heavy atom. The van der Waals surface area contributed by atoms with Gasteiger partial charge < -0.3 is 4.90 Å². The molecule has 0 bridgehead atoms. The van der Waals surface area contributed by atoms with Gasteiger partial charge in [0.05, 0.1) is 11.1 Å². The molecule has 1 aliphatic carbocycles. The van der Waals surface area contributed by atoms with Crippen molar-refractivity contribution in [3.05, 3.63) is 86.7 Å². The Balaban J connectivity index is 1.17. The van der Waals surface area contributed by atoms with Gasteiger partial charge in [0.1, 0.15) is 0 Å². The number of hydrogen-bond donors (Lipinski definition) is 1. The highest BCUT2D eigenvalue weighted by atomic mass is 19.4. The van der Waals surface area contributed by atoms with E-state index in [0.29, 0.717) is 18.9 Å². The van der Waals surface area contributed by atoms with Crippen molar-refractivity contribution in [2.24, 2.45) is 5.92 Å². The van der Waals surface area contributed by atoms with Crippen LogP contribution in [0, 0.1) is 11.9 Å². The topological polar surface area (TPSA) is 71.0 Å². The van der Waals surface area contributed by atoms with Gasteiger partial charge in [0.2, 0.25) is 5.95 Å². The van der Waals surface area contributed by atoms with Crippen molar-refractivity contribution in [3.63, 3.8) is 0 Å². The molecule has 1 saturated heterocycles. The molecule has 1 aliphatic heterocycles. The number of aromatic nitrogens is 3. The van der Waals surface area contributed by atoms with Crippen LogP contribution in [0.1, 0.15) is 30.4 Å². The van der Waals surface area contributed by atoms with Crippen molar-refractivity contribution in [3.8, 4) is 11.1 Å². The summed E-state index contributed by atoms with van der Waals surface area (Å²) in [4.78, 5) is 32.5. The third kappa shape index (κ3) is 4.54. The monoisotopic (exact) mass is 488 g/mol. The minimum atomic E-state index is -4.33. The summed E-state index contributed by atoms with van der Waals surface area (Å²) in [5.41, 5.74) is -0.845. The molecular formula is C25H24F4N4O2. The van der Waals surface area contributed by atoms with Gasteiger partial charge >= 0.3 is 11.9 Å². The average molecular weight is 488 g/mol. The van der Waals surface area contributed by atoms with E-state index >= 15 is 0 Å².